The zero-order valence-electron chi connectivity index (χ0n) is 16.0. The van der Waals surface area contributed by atoms with E-state index in [-0.39, 0.29) is 24.3 Å². The summed E-state index contributed by atoms with van der Waals surface area (Å²) in [5.74, 6) is -0.254. The third-order valence-electron chi connectivity index (χ3n) is 4.68. The van der Waals surface area contributed by atoms with Crippen molar-refractivity contribution in [3.05, 3.63) is 34.9 Å². The lowest BCUT2D eigenvalue weighted by molar-refractivity contribution is -0.126. The number of aliphatic hydroxyl groups is 1. The molecule has 1 aliphatic heterocycles. The van der Waals surface area contributed by atoms with Crippen LogP contribution in [-0.4, -0.2) is 61.3 Å². The molecule has 0 unspecified atom stereocenters. The minimum atomic E-state index is -0.575. The van der Waals surface area contributed by atoms with Crippen LogP contribution in [0.15, 0.2) is 18.2 Å². The maximum Gasteiger partial charge on any atom is 0.253 e. The zero-order chi connectivity index (χ0) is 19.1. The summed E-state index contributed by atoms with van der Waals surface area (Å²) in [6.07, 6.45) is 1.48. The van der Waals surface area contributed by atoms with Crippen LogP contribution in [0.4, 0.5) is 0 Å². The van der Waals surface area contributed by atoms with Gasteiger partial charge in [-0.25, -0.2) is 0 Å². The third-order valence-corrected chi connectivity index (χ3v) is 4.68. The minimum Gasteiger partial charge on any atom is -0.391 e. The molecule has 1 heterocycles. The van der Waals surface area contributed by atoms with Gasteiger partial charge in [0.25, 0.3) is 5.91 Å². The molecule has 1 fully saturated rings. The van der Waals surface area contributed by atoms with E-state index in [9.17, 15) is 14.7 Å². The average molecular weight is 362 g/mol. The summed E-state index contributed by atoms with van der Waals surface area (Å²) in [7, 11) is 1.53. The Bertz CT molecular complexity index is 612. The monoisotopic (exact) mass is 362 g/mol. The van der Waals surface area contributed by atoms with Gasteiger partial charge in [-0.1, -0.05) is 17.2 Å². The van der Waals surface area contributed by atoms with E-state index in [1.165, 1.54) is 7.11 Å². The highest BCUT2D eigenvalue weighted by molar-refractivity contribution is 5.95. The number of nitrogens with one attached hydrogen (secondary N) is 1. The standard InChI is InChI=1S/C20H30N2O4/c1-14-9-15(2)11-17(10-14)20(25)22-8-4-5-16(12-22)19(24)21-7-6-18(23)13-26-3/h9-11,16,18,23H,4-8,12-13H2,1-3H3,(H,21,24)/t16-,18-/m0/s1. The zero-order valence-corrected chi connectivity index (χ0v) is 16.0. The molecule has 6 heteroatoms. The summed E-state index contributed by atoms with van der Waals surface area (Å²) < 4.78 is 4.87. The maximum absolute atomic E-state index is 12.8. The van der Waals surface area contributed by atoms with Gasteiger partial charge >= 0.3 is 0 Å². The largest absolute Gasteiger partial charge is 0.391 e. The third kappa shape index (κ3) is 5.81. The normalized spacial score (nSPS) is 18.5. The Morgan fingerprint density at radius 3 is 2.65 bits per heavy atom. The van der Waals surface area contributed by atoms with Crippen molar-refractivity contribution in [2.45, 2.75) is 39.2 Å². The van der Waals surface area contributed by atoms with E-state index in [1.807, 2.05) is 32.0 Å². The van der Waals surface area contributed by atoms with Crippen LogP contribution < -0.4 is 5.32 Å². The fourth-order valence-corrected chi connectivity index (χ4v) is 3.44. The van der Waals surface area contributed by atoms with Crippen LogP contribution in [0.5, 0.6) is 0 Å². The maximum atomic E-state index is 12.8. The average Bonchev–Trinajstić information content (AvgIpc) is 2.60. The molecule has 2 atom stereocenters. The van der Waals surface area contributed by atoms with Crippen LogP contribution in [0.3, 0.4) is 0 Å². The first-order valence-corrected chi connectivity index (χ1v) is 9.23. The van der Waals surface area contributed by atoms with E-state index in [4.69, 9.17) is 4.74 Å². The van der Waals surface area contributed by atoms with Gasteiger partial charge in [0.1, 0.15) is 0 Å². The quantitative estimate of drug-likeness (QED) is 0.773. The Kier molecular flexibility index (Phi) is 7.60. The number of nitrogens with zero attached hydrogens (tertiary/aromatic N) is 1. The van der Waals surface area contributed by atoms with Gasteiger partial charge in [-0.05, 0) is 45.2 Å². The second-order valence-electron chi connectivity index (χ2n) is 7.16. The summed E-state index contributed by atoms with van der Waals surface area (Å²) in [5, 5.41) is 12.5. The molecule has 1 aromatic carbocycles. The van der Waals surface area contributed by atoms with Gasteiger partial charge in [-0.3, -0.25) is 9.59 Å². The molecule has 0 saturated carbocycles. The van der Waals surface area contributed by atoms with Gasteiger partial charge < -0.3 is 20.1 Å². The summed E-state index contributed by atoms with van der Waals surface area (Å²) >= 11 is 0. The van der Waals surface area contributed by atoms with Crippen molar-refractivity contribution in [2.75, 3.05) is 33.4 Å². The van der Waals surface area contributed by atoms with Crippen molar-refractivity contribution in [3.8, 4) is 0 Å². The number of carbonyl (C=O) groups excluding carboxylic acids is 2. The van der Waals surface area contributed by atoms with Crippen molar-refractivity contribution in [1.82, 2.24) is 10.2 Å². The van der Waals surface area contributed by atoms with E-state index < -0.39 is 6.10 Å². The number of amides is 2. The van der Waals surface area contributed by atoms with E-state index >= 15 is 0 Å². The highest BCUT2D eigenvalue weighted by Crippen LogP contribution is 2.20. The Morgan fingerprint density at radius 1 is 1.31 bits per heavy atom. The van der Waals surface area contributed by atoms with Crippen molar-refractivity contribution in [1.29, 1.82) is 0 Å². The van der Waals surface area contributed by atoms with Crippen LogP contribution in [-0.2, 0) is 9.53 Å². The molecule has 1 aliphatic rings. The number of benzene rings is 1. The molecule has 26 heavy (non-hydrogen) atoms. The number of hydrogen-bond acceptors (Lipinski definition) is 4. The summed E-state index contributed by atoms with van der Waals surface area (Å²) in [6.45, 7) is 5.76. The molecule has 6 nitrogen and oxygen atoms in total. The first kappa shape index (κ1) is 20.4. The molecule has 0 aliphatic carbocycles. The topological polar surface area (TPSA) is 78.9 Å². The van der Waals surface area contributed by atoms with Crippen LogP contribution in [0.2, 0.25) is 0 Å². The summed E-state index contributed by atoms with van der Waals surface area (Å²) in [5.41, 5.74) is 2.81. The van der Waals surface area contributed by atoms with Gasteiger partial charge in [-0.2, -0.15) is 0 Å². The van der Waals surface area contributed by atoms with Crippen LogP contribution >= 0.6 is 0 Å². The number of piperidine rings is 1. The van der Waals surface area contributed by atoms with E-state index in [0.29, 0.717) is 31.6 Å². The van der Waals surface area contributed by atoms with E-state index in [2.05, 4.69) is 5.32 Å². The van der Waals surface area contributed by atoms with Crippen LogP contribution in [0.25, 0.3) is 0 Å². The second kappa shape index (κ2) is 9.69. The van der Waals surface area contributed by atoms with E-state index in [1.54, 1.807) is 4.90 Å². The number of methoxy groups -OCH3 is 1. The predicted octanol–water partition coefficient (Wildman–Crippen LogP) is 1.67. The lowest BCUT2D eigenvalue weighted by Gasteiger charge is -2.32. The fourth-order valence-electron chi connectivity index (χ4n) is 3.44. The second-order valence-corrected chi connectivity index (χ2v) is 7.16. The Labute approximate surface area is 155 Å². The molecule has 0 spiro atoms. The fraction of sp³-hybridized carbons (Fsp3) is 0.600. The minimum absolute atomic E-state index is 0.00943. The Hall–Kier alpha value is -1.92. The van der Waals surface area contributed by atoms with Gasteiger partial charge in [0.15, 0.2) is 0 Å². The van der Waals surface area contributed by atoms with Crippen LogP contribution in [0.1, 0.15) is 40.7 Å². The molecule has 2 rings (SSSR count). The molecular formula is C20H30N2O4. The summed E-state index contributed by atoms with van der Waals surface area (Å²) in [4.78, 5) is 27.0. The molecule has 0 bridgehead atoms. The van der Waals surface area contributed by atoms with Crippen LogP contribution in [0, 0.1) is 19.8 Å². The molecular weight excluding hydrogens is 332 g/mol. The molecule has 144 valence electrons. The highest BCUT2D eigenvalue weighted by atomic mass is 16.5. The smallest absolute Gasteiger partial charge is 0.253 e. The number of aliphatic hydroxyl groups excluding tert-OH is 1. The van der Waals surface area contributed by atoms with Crippen molar-refractivity contribution < 1.29 is 19.4 Å². The number of carbonyl (C=O) groups is 2. The molecule has 0 aromatic heterocycles. The van der Waals surface area contributed by atoms with Crippen molar-refractivity contribution in [2.24, 2.45) is 5.92 Å². The molecule has 2 N–H and O–H groups in total. The first-order valence-electron chi connectivity index (χ1n) is 9.23. The van der Waals surface area contributed by atoms with Crippen molar-refractivity contribution in [3.63, 3.8) is 0 Å². The van der Waals surface area contributed by atoms with Gasteiger partial charge in [0.05, 0.1) is 18.6 Å². The number of ether oxygens (including phenoxy) is 1. The molecule has 0 radical (unpaired) electrons. The SMILES string of the molecule is COC[C@@H](O)CCNC(=O)[C@H]1CCCN(C(=O)c2cc(C)cc(C)c2)C1. The number of hydrogen-bond donors (Lipinski definition) is 2. The highest BCUT2D eigenvalue weighted by Gasteiger charge is 2.29. The molecule has 2 amide bonds. The number of likely N-dealkylation sites (tertiary alicyclic amines) is 1. The Balaban J connectivity index is 1.89. The Morgan fingerprint density at radius 2 is 2.00 bits per heavy atom. The molecule has 1 saturated heterocycles. The van der Waals surface area contributed by atoms with E-state index in [0.717, 1.165) is 24.0 Å². The molecule has 1 aromatic rings. The lowest BCUT2D eigenvalue weighted by atomic mass is 9.96. The van der Waals surface area contributed by atoms with Gasteiger partial charge in [-0.15, -0.1) is 0 Å². The number of aryl methyl sites for hydroxylation is 2. The van der Waals surface area contributed by atoms with Crippen molar-refractivity contribution >= 4 is 11.8 Å². The lowest BCUT2D eigenvalue weighted by Crippen LogP contribution is -2.45. The number of rotatable bonds is 7. The van der Waals surface area contributed by atoms with Gasteiger partial charge in [0, 0.05) is 32.3 Å². The first-order chi connectivity index (χ1) is 12.4. The summed E-state index contributed by atoms with van der Waals surface area (Å²) in [6, 6.07) is 5.84. The predicted molar refractivity (Wildman–Crippen MR) is 100 cm³/mol. The van der Waals surface area contributed by atoms with Gasteiger partial charge in [0.2, 0.25) is 5.91 Å².